The number of aromatic nitrogens is 1. The molecule has 4 nitrogen and oxygen atoms in total. The first-order chi connectivity index (χ1) is 7.72. The third-order valence-electron chi connectivity index (χ3n) is 2.57. The smallest absolute Gasteiger partial charge is 0.272 e. The van der Waals surface area contributed by atoms with Gasteiger partial charge < -0.3 is 10.6 Å². The lowest BCUT2D eigenvalue weighted by Crippen LogP contribution is -2.37. The zero-order chi connectivity index (χ0) is 11.5. The van der Waals surface area contributed by atoms with Crippen LogP contribution in [0.15, 0.2) is 18.3 Å². The minimum absolute atomic E-state index is 0.159. The highest BCUT2D eigenvalue weighted by atomic mass is 19.1. The number of pyridine rings is 1. The van der Waals surface area contributed by atoms with Crippen molar-refractivity contribution in [2.75, 3.05) is 13.1 Å². The van der Waals surface area contributed by atoms with Crippen LogP contribution in [-0.2, 0) is 0 Å². The highest BCUT2D eigenvalue weighted by Crippen LogP contribution is 2.27. The largest absolute Gasteiger partial charge is 0.333 e. The molecule has 1 amide bonds. The molecule has 1 aromatic rings. The minimum atomic E-state index is -0.437. The monoisotopic (exact) mass is 223 g/mol. The lowest BCUT2D eigenvalue weighted by molar-refractivity contribution is 0.0742. The molecule has 1 aliphatic carbocycles. The Balaban J connectivity index is 2.12. The number of hydrogen-bond acceptors (Lipinski definition) is 3. The summed E-state index contributed by atoms with van der Waals surface area (Å²) in [5.74, 6) is -0.596. The van der Waals surface area contributed by atoms with Crippen molar-refractivity contribution in [3.63, 3.8) is 0 Å². The van der Waals surface area contributed by atoms with E-state index >= 15 is 0 Å². The summed E-state index contributed by atoms with van der Waals surface area (Å²) in [6.45, 7) is 0.964. The summed E-state index contributed by atoms with van der Waals surface area (Å²) in [6, 6.07) is 2.94. The maximum atomic E-state index is 12.7. The van der Waals surface area contributed by atoms with E-state index in [0.29, 0.717) is 19.1 Å². The van der Waals surface area contributed by atoms with Gasteiger partial charge in [-0.2, -0.15) is 0 Å². The summed E-state index contributed by atoms with van der Waals surface area (Å²) < 4.78 is 12.7. The van der Waals surface area contributed by atoms with Crippen molar-refractivity contribution in [1.82, 2.24) is 9.88 Å². The van der Waals surface area contributed by atoms with Crippen LogP contribution in [0.5, 0.6) is 0 Å². The molecule has 1 aromatic heterocycles. The van der Waals surface area contributed by atoms with Gasteiger partial charge >= 0.3 is 0 Å². The van der Waals surface area contributed by atoms with Crippen molar-refractivity contribution < 1.29 is 9.18 Å². The fraction of sp³-hybridized carbons (Fsp3) is 0.455. The Hall–Kier alpha value is -1.49. The van der Waals surface area contributed by atoms with E-state index in [1.54, 1.807) is 4.90 Å². The molecule has 0 saturated heterocycles. The van der Waals surface area contributed by atoms with Gasteiger partial charge in [-0.05, 0) is 25.0 Å². The molecular formula is C11H14FN3O. The summed E-state index contributed by atoms with van der Waals surface area (Å²) in [4.78, 5) is 17.5. The first-order valence-electron chi connectivity index (χ1n) is 5.35. The van der Waals surface area contributed by atoms with Crippen molar-refractivity contribution in [1.29, 1.82) is 0 Å². The van der Waals surface area contributed by atoms with Crippen LogP contribution in [0.4, 0.5) is 4.39 Å². The van der Waals surface area contributed by atoms with Crippen molar-refractivity contribution in [3.8, 4) is 0 Å². The van der Waals surface area contributed by atoms with Crippen LogP contribution in [0.25, 0.3) is 0 Å². The van der Waals surface area contributed by atoms with E-state index in [9.17, 15) is 9.18 Å². The maximum Gasteiger partial charge on any atom is 0.272 e. The summed E-state index contributed by atoms with van der Waals surface area (Å²) >= 11 is 0. The average Bonchev–Trinajstić information content (AvgIpc) is 3.10. The molecule has 0 bridgehead atoms. The van der Waals surface area contributed by atoms with Gasteiger partial charge in [0.15, 0.2) is 0 Å². The van der Waals surface area contributed by atoms with Crippen LogP contribution in [0.3, 0.4) is 0 Å². The molecule has 0 spiro atoms. The van der Waals surface area contributed by atoms with Gasteiger partial charge in [-0.3, -0.25) is 4.79 Å². The second-order valence-corrected chi connectivity index (χ2v) is 3.88. The lowest BCUT2D eigenvalue weighted by Gasteiger charge is -2.20. The van der Waals surface area contributed by atoms with E-state index in [4.69, 9.17) is 5.73 Å². The number of carbonyl (C=O) groups is 1. The van der Waals surface area contributed by atoms with Crippen molar-refractivity contribution >= 4 is 5.91 Å². The van der Waals surface area contributed by atoms with Crippen molar-refractivity contribution in [2.45, 2.75) is 18.9 Å². The molecule has 0 unspecified atom stereocenters. The minimum Gasteiger partial charge on any atom is -0.333 e. The first-order valence-corrected chi connectivity index (χ1v) is 5.35. The first kappa shape index (κ1) is 11.0. The standard InChI is InChI=1S/C11H14FN3O/c12-8-1-4-10(14-7-8)11(16)15(6-5-13)9-2-3-9/h1,4,7,9H,2-3,5-6,13H2. The van der Waals surface area contributed by atoms with Crippen LogP contribution in [-0.4, -0.2) is 34.9 Å². The SMILES string of the molecule is NCCN(C(=O)c1ccc(F)cn1)C1CC1. The summed E-state index contributed by atoms with van der Waals surface area (Å²) in [5, 5.41) is 0. The fourth-order valence-corrected chi connectivity index (χ4v) is 1.62. The molecule has 1 aliphatic rings. The Kier molecular flexibility index (Phi) is 3.14. The fourth-order valence-electron chi connectivity index (χ4n) is 1.62. The number of rotatable bonds is 4. The molecular weight excluding hydrogens is 209 g/mol. The van der Waals surface area contributed by atoms with E-state index in [0.717, 1.165) is 19.0 Å². The summed E-state index contributed by atoms with van der Waals surface area (Å²) in [7, 11) is 0. The molecule has 2 rings (SSSR count). The molecule has 0 aliphatic heterocycles. The third kappa shape index (κ3) is 2.36. The van der Waals surface area contributed by atoms with Gasteiger partial charge in [-0.25, -0.2) is 9.37 Å². The Bertz CT molecular complexity index is 375. The van der Waals surface area contributed by atoms with Crippen LogP contribution in [0.1, 0.15) is 23.3 Å². The Labute approximate surface area is 93.3 Å². The average molecular weight is 223 g/mol. The Morgan fingerprint density at radius 1 is 1.56 bits per heavy atom. The predicted molar refractivity (Wildman–Crippen MR) is 57.3 cm³/mol. The number of hydrogen-bond donors (Lipinski definition) is 1. The van der Waals surface area contributed by atoms with Gasteiger partial charge in [-0.15, -0.1) is 0 Å². The lowest BCUT2D eigenvalue weighted by atomic mass is 10.3. The molecule has 1 saturated carbocycles. The predicted octanol–water partition coefficient (Wildman–Crippen LogP) is 0.784. The highest BCUT2D eigenvalue weighted by Gasteiger charge is 2.32. The van der Waals surface area contributed by atoms with Gasteiger partial charge in [0, 0.05) is 19.1 Å². The summed E-state index contributed by atoms with van der Waals surface area (Å²) in [6.07, 6.45) is 3.10. The molecule has 0 atom stereocenters. The second kappa shape index (κ2) is 4.57. The van der Waals surface area contributed by atoms with E-state index in [2.05, 4.69) is 4.98 Å². The van der Waals surface area contributed by atoms with E-state index in [1.807, 2.05) is 0 Å². The molecule has 0 radical (unpaired) electrons. The zero-order valence-electron chi connectivity index (χ0n) is 8.90. The number of nitrogens with zero attached hydrogens (tertiary/aromatic N) is 2. The molecule has 2 N–H and O–H groups in total. The molecule has 1 heterocycles. The number of halogens is 1. The molecule has 16 heavy (non-hydrogen) atoms. The van der Waals surface area contributed by atoms with Gasteiger partial charge in [0.05, 0.1) is 6.20 Å². The van der Waals surface area contributed by atoms with Crippen LogP contribution in [0.2, 0.25) is 0 Å². The van der Waals surface area contributed by atoms with Crippen LogP contribution < -0.4 is 5.73 Å². The Morgan fingerprint density at radius 3 is 2.81 bits per heavy atom. The topological polar surface area (TPSA) is 59.2 Å². The van der Waals surface area contributed by atoms with Gasteiger partial charge in [0.2, 0.25) is 0 Å². The van der Waals surface area contributed by atoms with Crippen LogP contribution in [0, 0.1) is 5.82 Å². The van der Waals surface area contributed by atoms with Crippen molar-refractivity contribution in [2.24, 2.45) is 5.73 Å². The molecule has 86 valence electrons. The van der Waals surface area contributed by atoms with Gasteiger partial charge in [-0.1, -0.05) is 0 Å². The van der Waals surface area contributed by atoms with Gasteiger partial charge in [0.25, 0.3) is 5.91 Å². The number of amides is 1. The quantitative estimate of drug-likeness (QED) is 0.820. The highest BCUT2D eigenvalue weighted by molar-refractivity contribution is 5.92. The third-order valence-corrected chi connectivity index (χ3v) is 2.57. The van der Waals surface area contributed by atoms with Crippen LogP contribution >= 0.6 is 0 Å². The van der Waals surface area contributed by atoms with E-state index in [-0.39, 0.29) is 11.6 Å². The maximum absolute atomic E-state index is 12.7. The van der Waals surface area contributed by atoms with E-state index in [1.165, 1.54) is 12.1 Å². The molecule has 0 aromatic carbocycles. The van der Waals surface area contributed by atoms with E-state index < -0.39 is 5.82 Å². The molecule has 1 fully saturated rings. The Morgan fingerprint density at radius 2 is 2.31 bits per heavy atom. The van der Waals surface area contributed by atoms with Gasteiger partial charge in [0.1, 0.15) is 11.5 Å². The number of carbonyl (C=O) groups excluding carboxylic acids is 1. The zero-order valence-corrected chi connectivity index (χ0v) is 8.90. The summed E-state index contributed by atoms with van der Waals surface area (Å²) in [5.41, 5.74) is 5.74. The van der Waals surface area contributed by atoms with Crippen molar-refractivity contribution in [3.05, 3.63) is 29.8 Å². The molecule has 5 heteroatoms. The normalized spacial score (nSPS) is 14.9. The second-order valence-electron chi connectivity index (χ2n) is 3.88. The number of nitrogens with two attached hydrogens (primary N) is 1.